The van der Waals surface area contributed by atoms with Crippen molar-refractivity contribution in [2.45, 2.75) is 51.0 Å². The molecule has 2 saturated carbocycles. The largest absolute Gasteiger partial charge is 0.508 e. The Morgan fingerprint density at radius 2 is 2.09 bits per heavy atom. The van der Waals surface area contributed by atoms with Crippen LogP contribution in [0.15, 0.2) is 18.2 Å². The summed E-state index contributed by atoms with van der Waals surface area (Å²) in [4.78, 5) is 12.5. The first-order valence-electron chi connectivity index (χ1n) is 8.42. The Morgan fingerprint density at radius 1 is 1.27 bits per heavy atom. The van der Waals surface area contributed by atoms with E-state index in [0.29, 0.717) is 29.3 Å². The lowest BCUT2D eigenvalue weighted by molar-refractivity contribution is -0.135. The normalized spacial score (nSPS) is 40.0. The van der Waals surface area contributed by atoms with E-state index in [-0.39, 0.29) is 11.5 Å². The molecule has 2 fully saturated rings. The fraction of sp³-hybridized carbons (Fsp3) is 0.632. The summed E-state index contributed by atoms with van der Waals surface area (Å²) in [5.41, 5.74) is 2.41. The molecule has 1 aromatic rings. The van der Waals surface area contributed by atoms with E-state index in [4.69, 9.17) is 4.74 Å². The predicted molar refractivity (Wildman–Crippen MR) is 83.9 cm³/mol. The zero-order valence-electron chi connectivity index (χ0n) is 13.3. The Bertz CT molecular complexity index is 623. The molecule has 0 radical (unpaired) electrons. The van der Waals surface area contributed by atoms with Crippen LogP contribution in [-0.4, -0.2) is 24.1 Å². The minimum atomic E-state index is -0.184. The van der Waals surface area contributed by atoms with Gasteiger partial charge in [-0.25, -0.2) is 0 Å². The van der Waals surface area contributed by atoms with Gasteiger partial charge < -0.3 is 9.84 Å². The van der Waals surface area contributed by atoms with Crippen LogP contribution in [0.25, 0.3) is 0 Å². The van der Waals surface area contributed by atoms with Gasteiger partial charge >= 0.3 is 0 Å². The number of Topliss-reactive ketones (excluding diaryl/α,β-unsaturated/α-hetero) is 1. The highest BCUT2D eigenvalue weighted by Gasteiger charge is 2.57. The summed E-state index contributed by atoms with van der Waals surface area (Å²) < 4.78 is 5.85. The molecule has 4 rings (SSSR count). The van der Waals surface area contributed by atoms with Crippen molar-refractivity contribution >= 4 is 5.78 Å². The van der Waals surface area contributed by atoms with Crippen molar-refractivity contribution in [3.63, 3.8) is 0 Å². The molecule has 118 valence electrons. The van der Waals surface area contributed by atoms with Gasteiger partial charge in [0.2, 0.25) is 0 Å². The molecule has 22 heavy (non-hydrogen) atoms. The topological polar surface area (TPSA) is 46.5 Å². The number of ether oxygens (including phenoxy) is 1. The maximum absolute atomic E-state index is 12.5. The fourth-order valence-corrected chi connectivity index (χ4v) is 5.62. The average molecular weight is 300 g/mol. The number of methoxy groups -OCH3 is 1. The number of rotatable bonds is 1. The number of phenols is 1. The van der Waals surface area contributed by atoms with Crippen LogP contribution >= 0.6 is 0 Å². The lowest BCUT2D eigenvalue weighted by Gasteiger charge is -2.51. The van der Waals surface area contributed by atoms with Crippen LogP contribution in [0.3, 0.4) is 0 Å². The van der Waals surface area contributed by atoms with Gasteiger partial charge in [-0.1, -0.05) is 13.0 Å². The van der Waals surface area contributed by atoms with E-state index < -0.39 is 0 Å². The zero-order chi connectivity index (χ0) is 15.5. The van der Waals surface area contributed by atoms with Crippen molar-refractivity contribution < 1.29 is 14.6 Å². The minimum Gasteiger partial charge on any atom is -0.508 e. The first kappa shape index (κ1) is 14.3. The Kier molecular flexibility index (Phi) is 3.12. The van der Waals surface area contributed by atoms with E-state index in [9.17, 15) is 9.90 Å². The fourth-order valence-electron chi connectivity index (χ4n) is 5.62. The SMILES string of the molecule is COC1C[C@]2(C)C(=O)CC[C@H]2[C@@H]2CCc3cc(O)ccc3[C@@H]12. The van der Waals surface area contributed by atoms with Crippen molar-refractivity contribution in [3.8, 4) is 5.75 Å². The van der Waals surface area contributed by atoms with Crippen molar-refractivity contribution in [1.82, 2.24) is 0 Å². The number of benzene rings is 1. The van der Waals surface area contributed by atoms with Gasteiger partial charge in [-0.3, -0.25) is 4.79 Å². The molecule has 3 aliphatic rings. The Morgan fingerprint density at radius 3 is 2.86 bits per heavy atom. The molecule has 0 aromatic heterocycles. The summed E-state index contributed by atoms with van der Waals surface area (Å²) in [5.74, 6) is 2.20. The van der Waals surface area contributed by atoms with Crippen LogP contribution in [0.5, 0.6) is 5.75 Å². The van der Waals surface area contributed by atoms with E-state index in [1.807, 2.05) is 6.07 Å². The molecule has 1 unspecified atom stereocenters. The molecule has 0 bridgehead atoms. The lowest BCUT2D eigenvalue weighted by atomic mass is 9.54. The van der Waals surface area contributed by atoms with Gasteiger partial charge in [-0.15, -0.1) is 0 Å². The van der Waals surface area contributed by atoms with E-state index >= 15 is 0 Å². The molecule has 1 aromatic carbocycles. The number of ketones is 1. The Balaban J connectivity index is 1.79. The second kappa shape index (κ2) is 4.82. The highest BCUT2D eigenvalue weighted by molar-refractivity contribution is 5.87. The number of hydrogen-bond donors (Lipinski definition) is 1. The van der Waals surface area contributed by atoms with Gasteiger partial charge in [-0.05, 0) is 60.8 Å². The summed E-state index contributed by atoms with van der Waals surface area (Å²) in [5, 5.41) is 9.76. The number of aryl methyl sites for hydroxylation is 1. The van der Waals surface area contributed by atoms with Crippen molar-refractivity contribution in [2.75, 3.05) is 7.11 Å². The molecule has 3 nitrogen and oxygen atoms in total. The van der Waals surface area contributed by atoms with Gasteiger partial charge in [0.05, 0.1) is 6.10 Å². The summed E-state index contributed by atoms with van der Waals surface area (Å²) in [6.07, 6.45) is 4.84. The van der Waals surface area contributed by atoms with E-state index in [1.54, 1.807) is 13.2 Å². The molecule has 1 N–H and O–H groups in total. The van der Waals surface area contributed by atoms with Crippen LogP contribution in [0.2, 0.25) is 0 Å². The Hall–Kier alpha value is -1.35. The second-order valence-electron chi connectivity index (χ2n) is 7.58. The van der Waals surface area contributed by atoms with Gasteiger partial charge in [0.15, 0.2) is 0 Å². The van der Waals surface area contributed by atoms with Gasteiger partial charge in [0.1, 0.15) is 11.5 Å². The van der Waals surface area contributed by atoms with Crippen LogP contribution in [0, 0.1) is 17.3 Å². The molecule has 0 heterocycles. The summed E-state index contributed by atoms with van der Waals surface area (Å²) >= 11 is 0. The number of phenolic OH excluding ortho intramolecular Hbond substituents is 1. The van der Waals surface area contributed by atoms with Crippen molar-refractivity contribution in [3.05, 3.63) is 29.3 Å². The van der Waals surface area contributed by atoms with Gasteiger partial charge in [-0.2, -0.15) is 0 Å². The molecule has 3 aliphatic carbocycles. The number of carbonyl (C=O) groups excluding carboxylic acids is 1. The Labute approximate surface area is 131 Å². The molecule has 0 spiro atoms. The average Bonchev–Trinajstić information content (AvgIpc) is 2.81. The predicted octanol–water partition coefficient (Wildman–Crippen LogP) is 3.44. The third kappa shape index (κ3) is 1.81. The zero-order valence-corrected chi connectivity index (χ0v) is 13.3. The highest BCUT2D eigenvalue weighted by Crippen LogP contribution is 2.60. The maximum atomic E-state index is 12.5. The third-order valence-corrected chi connectivity index (χ3v) is 6.68. The maximum Gasteiger partial charge on any atom is 0.139 e. The van der Waals surface area contributed by atoms with E-state index in [0.717, 1.165) is 32.1 Å². The molecule has 0 saturated heterocycles. The van der Waals surface area contributed by atoms with E-state index in [2.05, 4.69) is 13.0 Å². The first-order valence-corrected chi connectivity index (χ1v) is 8.42. The molecule has 3 heteroatoms. The summed E-state index contributed by atoms with van der Waals surface area (Å²) in [7, 11) is 1.78. The number of hydrogen-bond acceptors (Lipinski definition) is 3. The van der Waals surface area contributed by atoms with Gasteiger partial charge in [0.25, 0.3) is 0 Å². The van der Waals surface area contributed by atoms with Crippen molar-refractivity contribution in [1.29, 1.82) is 0 Å². The second-order valence-corrected chi connectivity index (χ2v) is 7.58. The van der Waals surface area contributed by atoms with Crippen LogP contribution < -0.4 is 0 Å². The first-order chi connectivity index (χ1) is 10.5. The van der Waals surface area contributed by atoms with E-state index in [1.165, 1.54) is 11.1 Å². The number of aromatic hydroxyl groups is 1. The third-order valence-electron chi connectivity index (χ3n) is 6.68. The quantitative estimate of drug-likeness (QED) is 0.864. The minimum absolute atomic E-state index is 0.108. The smallest absolute Gasteiger partial charge is 0.139 e. The summed E-state index contributed by atoms with van der Waals surface area (Å²) in [6.45, 7) is 2.17. The van der Waals surface area contributed by atoms with Crippen molar-refractivity contribution in [2.24, 2.45) is 17.3 Å². The van der Waals surface area contributed by atoms with Crippen LogP contribution in [0.4, 0.5) is 0 Å². The lowest BCUT2D eigenvalue weighted by Crippen LogP contribution is -2.49. The monoisotopic (exact) mass is 300 g/mol. The standard InChI is InChI=1S/C19H24O3/c1-19-10-16(22-2)18-13-6-4-12(20)9-11(13)3-5-14(18)15(19)7-8-17(19)21/h4,6,9,14-16,18,20H,3,5,7-8,10H2,1-2H3/t14-,15-,16?,18+,19-/m0/s1. The molecule has 5 atom stereocenters. The van der Waals surface area contributed by atoms with Crippen LogP contribution in [-0.2, 0) is 16.0 Å². The highest BCUT2D eigenvalue weighted by atomic mass is 16.5. The van der Waals surface area contributed by atoms with Gasteiger partial charge in [0, 0.05) is 24.9 Å². The van der Waals surface area contributed by atoms with Crippen LogP contribution in [0.1, 0.15) is 49.7 Å². The molecule has 0 amide bonds. The summed E-state index contributed by atoms with van der Waals surface area (Å²) in [6, 6.07) is 5.78. The molecular formula is C19H24O3. The number of carbonyl (C=O) groups is 1. The number of fused-ring (bicyclic) bond motifs is 5. The molecule has 0 aliphatic heterocycles. The molecular weight excluding hydrogens is 276 g/mol.